The number of ketones is 1. The number of fused-ring (bicyclic) bond motifs is 1. The van der Waals surface area contributed by atoms with Crippen LogP contribution in [-0.2, 0) is 6.18 Å². The maximum absolute atomic E-state index is 13.4. The molecule has 0 atom stereocenters. The second kappa shape index (κ2) is 7.22. The molecule has 5 nitrogen and oxygen atoms in total. The van der Waals surface area contributed by atoms with Crippen LogP contribution in [0, 0.1) is 0 Å². The maximum atomic E-state index is 13.4. The highest BCUT2D eigenvalue weighted by molar-refractivity contribution is 6.37. The van der Waals surface area contributed by atoms with Gasteiger partial charge in [0.25, 0.3) is 0 Å². The number of Topliss-reactive ketones (excluding diaryl/α,β-unsaturated/α-hetero) is 1. The summed E-state index contributed by atoms with van der Waals surface area (Å²) in [4.78, 5) is 24.2. The van der Waals surface area contributed by atoms with Crippen molar-refractivity contribution in [2.45, 2.75) is 12.6 Å². The van der Waals surface area contributed by atoms with Crippen molar-refractivity contribution >= 4 is 23.2 Å². The van der Waals surface area contributed by atoms with Gasteiger partial charge in [0.05, 0.1) is 16.8 Å². The first-order valence-electron chi connectivity index (χ1n) is 8.88. The van der Waals surface area contributed by atoms with Gasteiger partial charge in [-0.1, -0.05) is 42.5 Å². The van der Waals surface area contributed by atoms with Gasteiger partial charge in [0, 0.05) is 28.7 Å². The number of aromatic carboxylic acids is 1. The van der Waals surface area contributed by atoms with Crippen molar-refractivity contribution in [1.82, 2.24) is 0 Å². The van der Waals surface area contributed by atoms with Crippen molar-refractivity contribution < 1.29 is 27.9 Å². The van der Waals surface area contributed by atoms with E-state index in [9.17, 15) is 22.8 Å². The largest absolute Gasteiger partial charge is 0.478 e. The van der Waals surface area contributed by atoms with Gasteiger partial charge in [-0.2, -0.15) is 18.3 Å². The summed E-state index contributed by atoms with van der Waals surface area (Å²) < 4.78 is 40.2. The fourth-order valence-corrected chi connectivity index (χ4v) is 3.38. The summed E-state index contributed by atoms with van der Waals surface area (Å²) >= 11 is 0. The molecule has 2 aromatic rings. The first kappa shape index (κ1) is 19.5. The van der Waals surface area contributed by atoms with Crippen LogP contribution in [0.2, 0.25) is 0 Å². The molecule has 30 heavy (non-hydrogen) atoms. The van der Waals surface area contributed by atoms with E-state index in [0.717, 1.165) is 12.1 Å². The number of allylic oxidation sites excluding steroid dienone is 4. The van der Waals surface area contributed by atoms with Gasteiger partial charge in [-0.05, 0) is 18.2 Å². The number of hydrogen-bond acceptors (Lipinski definition) is 4. The summed E-state index contributed by atoms with van der Waals surface area (Å²) in [6.45, 7) is 0. The van der Waals surface area contributed by atoms with E-state index in [1.54, 1.807) is 6.08 Å². The van der Waals surface area contributed by atoms with Crippen LogP contribution in [0.15, 0.2) is 82.0 Å². The van der Waals surface area contributed by atoms with Crippen molar-refractivity contribution in [2.75, 3.05) is 0 Å². The van der Waals surface area contributed by atoms with Gasteiger partial charge in [-0.3, -0.25) is 4.79 Å². The summed E-state index contributed by atoms with van der Waals surface area (Å²) in [5.74, 6) is -1.87. The van der Waals surface area contributed by atoms with Gasteiger partial charge < -0.3 is 5.11 Å². The lowest BCUT2D eigenvalue weighted by atomic mass is 9.85. The molecule has 0 saturated carbocycles. The molecule has 1 heterocycles. The molecule has 0 saturated heterocycles. The Labute approximate surface area is 168 Å². The molecule has 0 amide bonds. The van der Waals surface area contributed by atoms with Crippen molar-refractivity contribution in [3.8, 4) is 0 Å². The number of alkyl halides is 3. The maximum Gasteiger partial charge on any atom is 0.417 e. The predicted molar refractivity (Wildman–Crippen MR) is 104 cm³/mol. The quantitative estimate of drug-likeness (QED) is 0.742. The molecule has 2 aliphatic rings. The third kappa shape index (κ3) is 3.36. The van der Waals surface area contributed by atoms with Crippen molar-refractivity contribution in [3.05, 3.63) is 94.1 Å². The highest BCUT2D eigenvalue weighted by Crippen LogP contribution is 2.35. The Kier molecular flexibility index (Phi) is 4.69. The fraction of sp³-hybridized carbons (Fsp3) is 0.0909. The minimum absolute atomic E-state index is 0.0651. The first-order chi connectivity index (χ1) is 14.3. The number of carboxylic acids is 1. The average Bonchev–Trinajstić information content (AvgIpc) is 3.17. The molecule has 0 radical (unpaired) electrons. The standard InChI is InChI=1S/C22H13F3N2O3/c23-22(24,25)16-6-2-1-4-14(16)20(28)15-5-3-7-17-18(15)19(27-26-17)12-8-10-13(11-9-12)21(29)30/h1-6,8-11H,7H2,(H,29,30). The molecule has 2 aromatic carbocycles. The molecule has 0 bridgehead atoms. The average molecular weight is 410 g/mol. The molecule has 1 aliphatic heterocycles. The second-order valence-corrected chi connectivity index (χ2v) is 6.65. The number of rotatable bonds is 4. The molecule has 1 N–H and O–H groups in total. The van der Waals surface area contributed by atoms with Crippen LogP contribution in [-0.4, -0.2) is 28.3 Å². The first-order valence-corrected chi connectivity index (χ1v) is 8.88. The summed E-state index contributed by atoms with van der Waals surface area (Å²) in [5, 5.41) is 17.2. The van der Waals surface area contributed by atoms with Gasteiger partial charge in [0.1, 0.15) is 5.71 Å². The number of benzene rings is 2. The summed E-state index contributed by atoms with van der Waals surface area (Å²) in [7, 11) is 0. The van der Waals surface area contributed by atoms with Crippen LogP contribution in [0.3, 0.4) is 0 Å². The van der Waals surface area contributed by atoms with Crippen LogP contribution >= 0.6 is 0 Å². The SMILES string of the molecule is O=C(O)c1ccc(C2=NN=C3CC=CC(C(=O)c4ccccc4C(F)(F)F)=C32)cc1. The molecule has 8 heteroatoms. The zero-order valence-corrected chi connectivity index (χ0v) is 15.3. The lowest BCUT2D eigenvalue weighted by molar-refractivity contribution is -0.137. The highest BCUT2D eigenvalue weighted by Gasteiger charge is 2.37. The third-order valence-corrected chi connectivity index (χ3v) is 4.79. The van der Waals surface area contributed by atoms with Crippen LogP contribution in [0.25, 0.3) is 0 Å². The highest BCUT2D eigenvalue weighted by atomic mass is 19.4. The third-order valence-electron chi connectivity index (χ3n) is 4.79. The van der Waals surface area contributed by atoms with Crippen LogP contribution in [0.4, 0.5) is 13.2 Å². The number of carboxylic acid groups (broad SMARTS) is 1. The predicted octanol–water partition coefficient (Wildman–Crippen LogP) is 4.70. The van der Waals surface area contributed by atoms with E-state index in [1.165, 1.54) is 42.5 Å². The Morgan fingerprint density at radius 3 is 2.33 bits per heavy atom. The Morgan fingerprint density at radius 2 is 1.67 bits per heavy atom. The Morgan fingerprint density at radius 1 is 0.967 bits per heavy atom. The molecule has 0 spiro atoms. The zero-order valence-electron chi connectivity index (χ0n) is 15.3. The van der Waals surface area contributed by atoms with Gasteiger partial charge in [-0.15, -0.1) is 5.10 Å². The number of carbonyl (C=O) groups is 2. The Bertz CT molecular complexity index is 1190. The fourth-order valence-electron chi connectivity index (χ4n) is 3.38. The van der Waals surface area contributed by atoms with E-state index < -0.39 is 29.1 Å². The van der Waals surface area contributed by atoms with E-state index in [2.05, 4.69) is 10.2 Å². The van der Waals surface area contributed by atoms with Gasteiger partial charge in [0.2, 0.25) is 0 Å². The molecule has 1 aliphatic carbocycles. The molecular weight excluding hydrogens is 397 g/mol. The molecular formula is C22H13F3N2O3. The zero-order chi connectivity index (χ0) is 21.5. The van der Waals surface area contributed by atoms with E-state index >= 15 is 0 Å². The second-order valence-electron chi connectivity index (χ2n) is 6.65. The summed E-state index contributed by atoms with van der Waals surface area (Å²) in [6, 6.07) is 10.4. The molecule has 0 fully saturated rings. The molecule has 4 rings (SSSR count). The lowest BCUT2D eigenvalue weighted by Crippen LogP contribution is -2.21. The van der Waals surface area contributed by atoms with Gasteiger partial charge >= 0.3 is 12.1 Å². The normalized spacial score (nSPS) is 15.6. The Balaban J connectivity index is 1.81. The Hall–Kier alpha value is -3.81. The van der Waals surface area contributed by atoms with Gasteiger partial charge in [-0.25, -0.2) is 4.79 Å². The topological polar surface area (TPSA) is 79.1 Å². The monoisotopic (exact) mass is 410 g/mol. The minimum Gasteiger partial charge on any atom is -0.478 e. The molecule has 150 valence electrons. The van der Waals surface area contributed by atoms with Crippen molar-refractivity contribution in [1.29, 1.82) is 0 Å². The van der Waals surface area contributed by atoms with Crippen molar-refractivity contribution in [2.24, 2.45) is 10.2 Å². The summed E-state index contributed by atoms with van der Waals surface area (Å²) in [6.07, 6.45) is -1.16. The smallest absolute Gasteiger partial charge is 0.417 e. The number of carbonyl (C=O) groups excluding carboxylic acids is 1. The van der Waals surface area contributed by atoms with Crippen LogP contribution in [0.1, 0.15) is 38.3 Å². The van der Waals surface area contributed by atoms with E-state index in [1.807, 2.05) is 0 Å². The lowest BCUT2D eigenvalue weighted by Gasteiger charge is -2.17. The number of halogens is 3. The van der Waals surface area contributed by atoms with E-state index in [-0.39, 0.29) is 11.1 Å². The molecule has 0 unspecified atom stereocenters. The minimum atomic E-state index is -4.67. The number of hydrogen-bond donors (Lipinski definition) is 1. The summed E-state index contributed by atoms with van der Waals surface area (Å²) in [5.41, 5.74) is 0.346. The van der Waals surface area contributed by atoms with Crippen molar-refractivity contribution in [3.63, 3.8) is 0 Å². The van der Waals surface area contributed by atoms with Crippen LogP contribution < -0.4 is 0 Å². The van der Waals surface area contributed by atoms with E-state index in [4.69, 9.17) is 5.11 Å². The number of nitrogens with zero attached hydrogens (tertiary/aromatic N) is 2. The van der Waals surface area contributed by atoms with Crippen LogP contribution in [0.5, 0.6) is 0 Å². The van der Waals surface area contributed by atoms with Gasteiger partial charge in [0.15, 0.2) is 5.78 Å². The van der Waals surface area contributed by atoms with E-state index in [0.29, 0.717) is 29.0 Å². The molecule has 0 aromatic heterocycles.